The van der Waals surface area contributed by atoms with Crippen LogP contribution in [0.2, 0.25) is 0 Å². The molecule has 0 aromatic rings. The number of allylic oxidation sites excluding steroid dienone is 8. The largest absolute Gasteiger partial charge is 0.466 e. The highest BCUT2D eigenvalue weighted by atomic mass is 16.5. The number of carbonyl (C=O) groups excluding carboxylic acids is 2. The molecule has 3 N–H and O–H groups in total. The van der Waals surface area contributed by atoms with E-state index < -0.39 is 12.1 Å². The Kier molecular flexibility index (Phi) is 70.4. The van der Waals surface area contributed by atoms with Gasteiger partial charge in [0.1, 0.15) is 0 Å². The molecule has 6 heteroatoms. The van der Waals surface area contributed by atoms with Gasteiger partial charge in [-0.25, -0.2) is 0 Å². The molecule has 0 heterocycles. The van der Waals surface area contributed by atoms with Gasteiger partial charge in [0.15, 0.2) is 0 Å². The predicted molar refractivity (Wildman–Crippen MR) is 366 cm³/mol. The molecule has 2 unspecified atom stereocenters. The van der Waals surface area contributed by atoms with Crippen molar-refractivity contribution in [3.05, 3.63) is 48.6 Å². The molecular formula is C77H145NO5. The zero-order valence-electron chi connectivity index (χ0n) is 55.9. The number of ether oxygens (including phenoxy) is 1. The van der Waals surface area contributed by atoms with Crippen molar-refractivity contribution in [3.63, 3.8) is 0 Å². The predicted octanol–water partition coefficient (Wildman–Crippen LogP) is 24.4. The summed E-state index contributed by atoms with van der Waals surface area (Å²) in [5.74, 6) is -0.0375. The highest BCUT2D eigenvalue weighted by molar-refractivity contribution is 5.76. The van der Waals surface area contributed by atoms with Crippen LogP contribution in [0.4, 0.5) is 0 Å². The molecule has 6 nitrogen and oxygen atoms in total. The average molecular weight is 1170 g/mol. The van der Waals surface area contributed by atoms with Gasteiger partial charge in [0, 0.05) is 12.8 Å². The van der Waals surface area contributed by atoms with E-state index in [1.54, 1.807) is 0 Å². The second-order valence-corrected chi connectivity index (χ2v) is 25.6. The molecule has 83 heavy (non-hydrogen) atoms. The molecule has 0 aromatic carbocycles. The lowest BCUT2D eigenvalue weighted by Gasteiger charge is -2.22. The Bertz CT molecular complexity index is 1390. The van der Waals surface area contributed by atoms with Crippen LogP contribution in [-0.4, -0.2) is 47.4 Å². The highest BCUT2D eigenvalue weighted by Crippen LogP contribution is 2.19. The molecule has 0 bridgehead atoms. The first-order chi connectivity index (χ1) is 41.0. The maximum atomic E-state index is 12.6. The van der Waals surface area contributed by atoms with E-state index in [0.29, 0.717) is 25.9 Å². The maximum Gasteiger partial charge on any atom is 0.305 e. The van der Waals surface area contributed by atoms with Gasteiger partial charge in [0.05, 0.1) is 25.4 Å². The first kappa shape index (κ1) is 80.8. The van der Waals surface area contributed by atoms with Crippen LogP contribution in [0.25, 0.3) is 0 Å². The minimum absolute atomic E-state index is 0.00391. The van der Waals surface area contributed by atoms with Crippen molar-refractivity contribution in [1.29, 1.82) is 0 Å². The summed E-state index contributed by atoms with van der Waals surface area (Å²) in [7, 11) is 0. The molecule has 0 rings (SSSR count). The number of amides is 1. The van der Waals surface area contributed by atoms with Crippen LogP contribution in [-0.2, 0) is 14.3 Å². The monoisotopic (exact) mass is 1160 g/mol. The van der Waals surface area contributed by atoms with Crippen LogP contribution in [0.1, 0.15) is 406 Å². The third-order valence-electron chi connectivity index (χ3n) is 17.4. The number of aliphatic hydroxyl groups excluding tert-OH is 2. The zero-order valence-corrected chi connectivity index (χ0v) is 55.9. The van der Waals surface area contributed by atoms with Gasteiger partial charge in [-0.15, -0.1) is 0 Å². The summed E-state index contributed by atoms with van der Waals surface area (Å²) in [6, 6.07) is -0.552. The van der Waals surface area contributed by atoms with Crippen molar-refractivity contribution in [2.45, 2.75) is 418 Å². The van der Waals surface area contributed by atoms with Gasteiger partial charge < -0.3 is 20.3 Å². The van der Waals surface area contributed by atoms with Crippen LogP contribution in [0, 0.1) is 0 Å². The number of unbranched alkanes of at least 4 members (excludes halogenated alkanes) is 51. The molecule has 0 aromatic heterocycles. The molecule has 0 aliphatic heterocycles. The summed E-state index contributed by atoms with van der Waals surface area (Å²) in [6.45, 7) is 4.95. The third kappa shape index (κ3) is 68.8. The zero-order chi connectivity index (χ0) is 59.9. The fourth-order valence-electron chi connectivity index (χ4n) is 11.6. The average Bonchev–Trinajstić information content (AvgIpc) is 3.49. The van der Waals surface area contributed by atoms with E-state index in [4.69, 9.17) is 4.74 Å². The van der Waals surface area contributed by atoms with E-state index in [1.807, 2.05) is 0 Å². The van der Waals surface area contributed by atoms with Gasteiger partial charge in [-0.2, -0.15) is 0 Å². The van der Waals surface area contributed by atoms with Gasteiger partial charge in [-0.3, -0.25) is 9.59 Å². The van der Waals surface area contributed by atoms with E-state index in [-0.39, 0.29) is 18.5 Å². The van der Waals surface area contributed by atoms with Crippen molar-refractivity contribution >= 4 is 11.9 Å². The summed E-state index contributed by atoms with van der Waals surface area (Å²) in [4.78, 5) is 24.7. The van der Waals surface area contributed by atoms with E-state index >= 15 is 0 Å². The minimum atomic E-state index is -0.674. The Morgan fingerprint density at radius 2 is 0.602 bits per heavy atom. The minimum Gasteiger partial charge on any atom is -0.466 e. The number of carbonyl (C=O) groups is 2. The first-order valence-corrected chi connectivity index (χ1v) is 37.4. The van der Waals surface area contributed by atoms with Gasteiger partial charge in [-0.05, 0) is 89.9 Å². The molecule has 488 valence electrons. The van der Waals surface area contributed by atoms with Crippen molar-refractivity contribution < 1.29 is 24.5 Å². The fraction of sp³-hybridized carbons (Fsp3) is 0.870. The summed E-state index contributed by atoms with van der Waals surface area (Å²) < 4.78 is 5.50. The Balaban J connectivity index is 3.44. The van der Waals surface area contributed by atoms with Gasteiger partial charge in [-0.1, -0.05) is 351 Å². The molecule has 0 saturated heterocycles. The lowest BCUT2D eigenvalue weighted by Crippen LogP contribution is -2.45. The number of aliphatic hydroxyl groups is 2. The molecule has 0 fully saturated rings. The number of esters is 1. The number of nitrogens with one attached hydrogen (secondary N) is 1. The molecule has 1 amide bonds. The smallest absolute Gasteiger partial charge is 0.305 e. The maximum absolute atomic E-state index is 12.6. The lowest BCUT2D eigenvalue weighted by molar-refractivity contribution is -0.143. The van der Waals surface area contributed by atoms with Gasteiger partial charge >= 0.3 is 5.97 Å². The number of rotatable bonds is 70. The Morgan fingerprint density at radius 3 is 0.940 bits per heavy atom. The van der Waals surface area contributed by atoms with Gasteiger partial charge in [0.25, 0.3) is 0 Å². The molecule has 0 aliphatic carbocycles. The topological polar surface area (TPSA) is 95.9 Å². The van der Waals surface area contributed by atoms with Crippen molar-refractivity contribution in [1.82, 2.24) is 5.32 Å². The highest BCUT2D eigenvalue weighted by Gasteiger charge is 2.20. The van der Waals surface area contributed by atoms with E-state index in [2.05, 4.69) is 67.8 Å². The van der Waals surface area contributed by atoms with E-state index in [0.717, 1.165) is 64.2 Å². The lowest BCUT2D eigenvalue weighted by atomic mass is 10.0. The standard InChI is InChI=1S/C77H145NO5/c1-3-5-7-9-11-13-15-17-19-21-23-24-25-27-30-34-37-41-45-49-53-57-61-65-69-75(80)74(73-79)78-76(81)70-66-62-58-54-50-46-42-38-35-31-28-26-29-32-36-40-44-48-52-56-60-64-68-72-83-77(82)71-67-63-59-55-51-47-43-39-33-22-20-18-16-14-12-10-8-6-4-2/h12,14,18,20,26,29,31,35,74-75,79-80H,3-11,13,15-17,19,21-25,27-28,30,32-34,36-73H2,1-2H3,(H,78,81)/b14-12-,20-18-,29-26-,35-31-. The van der Waals surface area contributed by atoms with Crippen LogP contribution in [0.3, 0.4) is 0 Å². The Morgan fingerprint density at radius 1 is 0.337 bits per heavy atom. The second-order valence-electron chi connectivity index (χ2n) is 25.6. The molecular weight excluding hydrogens is 1020 g/mol. The summed E-state index contributed by atoms with van der Waals surface area (Å²) >= 11 is 0. The van der Waals surface area contributed by atoms with Crippen molar-refractivity contribution in [2.24, 2.45) is 0 Å². The quantitative estimate of drug-likeness (QED) is 0.0320. The molecule has 0 saturated carbocycles. The molecule has 0 aliphatic rings. The van der Waals surface area contributed by atoms with Crippen LogP contribution in [0.15, 0.2) is 48.6 Å². The number of hydrogen-bond acceptors (Lipinski definition) is 5. The normalized spacial score (nSPS) is 12.8. The van der Waals surface area contributed by atoms with Gasteiger partial charge in [0.2, 0.25) is 5.91 Å². The summed E-state index contributed by atoms with van der Waals surface area (Å²) in [6.07, 6.45) is 94.5. The Hall–Kier alpha value is -2.18. The third-order valence-corrected chi connectivity index (χ3v) is 17.4. The first-order valence-electron chi connectivity index (χ1n) is 37.4. The van der Waals surface area contributed by atoms with Crippen LogP contribution in [0.5, 0.6) is 0 Å². The van der Waals surface area contributed by atoms with Crippen LogP contribution < -0.4 is 5.32 Å². The molecule has 2 atom stereocenters. The fourth-order valence-corrected chi connectivity index (χ4v) is 11.6. The Labute approximate surface area is 518 Å². The molecule has 0 radical (unpaired) electrons. The van der Waals surface area contributed by atoms with Crippen LogP contribution >= 0.6 is 0 Å². The second kappa shape index (κ2) is 72.3. The van der Waals surface area contributed by atoms with Crippen molar-refractivity contribution in [3.8, 4) is 0 Å². The van der Waals surface area contributed by atoms with E-state index in [1.165, 1.54) is 308 Å². The SMILES string of the molecule is CCCCC/C=C\C/C=C\CCCCCCCCCCCC(=O)OCCCCCCCCCCC/C=C\C/C=C\CCCCCCCCCC(=O)NC(CO)C(O)CCCCCCCCCCCCCCCCCCCCCCCCCC. The summed E-state index contributed by atoms with van der Waals surface area (Å²) in [5, 5.41) is 23.4. The van der Waals surface area contributed by atoms with E-state index in [9.17, 15) is 19.8 Å². The molecule has 0 spiro atoms. The van der Waals surface area contributed by atoms with Crippen molar-refractivity contribution in [2.75, 3.05) is 13.2 Å². The summed E-state index contributed by atoms with van der Waals surface area (Å²) in [5.41, 5.74) is 0. The number of hydrogen-bond donors (Lipinski definition) is 3.